The predicted molar refractivity (Wildman–Crippen MR) is 95.4 cm³/mol. The number of ether oxygens (including phenoxy) is 2. The lowest BCUT2D eigenvalue weighted by Gasteiger charge is -2.15. The van der Waals surface area contributed by atoms with E-state index in [1.807, 2.05) is 47.9 Å². The molecule has 6 heteroatoms. The number of hydrogen-bond donors (Lipinski definition) is 0. The molecule has 2 aromatic heterocycles. The number of rotatable bonds is 2. The van der Waals surface area contributed by atoms with E-state index in [4.69, 9.17) is 14.5 Å². The molecule has 3 heterocycles. The quantitative estimate of drug-likeness (QED) is 0.613. The highest BCUT2D eigenvalue weighted by molar-refractivity contribution is 5.58. The van der Waals surface area contributed by atoms with Crippen molar-refractivity contribution in [3.63, 3.8) is 0 Å². The molecule has 3 aromatic rings. The molecule has 25 heavy (non-hydrogen) atoms. The zero-order chi connectivity index (χ0) is 17.6. The van der Waals surface area contributed by atoms with Gasteiger partial charge in [-0.3, -0.25) is 4.40 Å². The molecule has 128 valence electrons. The Hall–Kier alpha value is -2.89. The van der Waals surface area contributed by atoms with Gasteiger partial charge in [0.25, 0.3) is 0 Å². The number of imidazole rings is 1. The molecule has 0 saturated carbocycles. The molecule has 1 aromatic carbocycles. The van der Waals surface area contributed by atoms with Crippen LogP contribution in [-0.4, -0.2) is 16.2 Å². The number of hydrogen-bond acceptors (Lipinski definition) is 5. The molecule has 4 rings (SSSR count). The fourth-order valence-corrected chi connectivity index (χ4v) is 2.84. The van der Waals surface area contributed by atoms with Crippen molar-refractivity contribution in [1.82, 2.24) is 9.38 Å². The largest absolute Gasteiger partial charge is 0.454 e. The van der Waals surface area contributed by atoms with E-state index in [9.17, 15) is 0 Å². The van der Waals surface area contributed by atoms with E-state index in [1.54, 1.807) is 0 Å². The lowest BCUT2D eigenvalue weighted by atomic mass is 9.92. The molecule has 0 fully saturated rings. The van der Waals surface area contributed by atoms with Gasteiger partial charge in [-0.25, -0.2) is 4.98 Å². The monoisotopic (exact) mass is 336 g/mol. The fraction of sp³-hybridized carbons (Fsp3) is 0.316. The fourth-order valence-electron chi connectivity index (χ4n) is 2.84. The third kappa shape index (κ3) is 2.73. The van der Waals surface area contributed by atoms with Gasteiger partial charge in [0.1, 0.15) is 5.65 Å². The molecule has 0 unspecified atom stereocenters. The second-order valence-electron chi connectivity index (χ2n) is 7.16. The summed E-state index contributed by atoms with van der Waals surface area (Å²) in [6.07, 6.45) is 1.97. The summed E-state index contributed by atoms with van der Waals surface area (Å²) in [5, 5.41) is 8.94. The van der Waals surface area contributed by atoms with Gasteiger partial charge in [0, 0.05) is 17.7 Å². The van der Waals surface area contributed by atoms with Crippen molar-refractivity contribution in [1.29, 1.82) is 0 Å². The lowest BCUT2D eigenvalue weighted by molar-refractivity contribution is 0.174. The SMILES string of the molecule is Cc1cccn2c(N=Nc3ccc4c(c3)OCO4)c(C(C)(C)C)nc12. The number of nitrogens with zero attached hydrogens (tertiary/aromatic N) is 4. The molecule has 1 aliphatic heterocycles. The molecule has 0 radical (unpaired) electrons. The Kier molecular flexibility index (Phi) is 3.49. The van der Waals surface area contributed by atoms with Gasteiger partial charge in [-0.1, -0.05) is 26.8 Å². The number of pyridine rings is 1. The van der Waals surface area contributed by atoms with Gasteiger partial charge >= 0.3 is 0 Å². The Balaban J connectivity index is 1.81. The van der Waals surface area contributed by atoms with E-state index in [1.165, 1.54) is 0 Å². The number of fused-ring (bicyclic) bond motifs is 2. The van der Waals surface area contributed by atoms with E-state index >= 15 is 0 Å². The van der Waals surface area contributed by atoms with E-state index < -0.39 is 0 Å². The summed E-state index contributed by atoms with van der Waals surface area (Å²) in [5.41, 5.74) is 3.52. The zero-order valence-corrected chi connectivity index (χ0v) is 14.8. The molecule has 1 aliphatic rings. The molecule has 0 aliphatic carbocycles. The van der Waals surface area contributed by atoms with Crippen LogP contribution in [0.3, 0.4) is 0 Å². The molecule has 6 nitrogen and oxygen atoms in total. The second-order valence-corrected chi connectivity index (χ2v) is 7.16. The minimum atomic E-state index is -0.137. The Labute approximate surface area is 146 Å². The Bertz CT molecular complexity index is 983. The van der Waals surface area contributed by atoms with Crippen LogP contribution in [0.5, 0.6) is 11.5 Å². The zero-order valence-electron chi connectivity index (χ0n) is 14.8. The van der Waals surface area contributed by atoms with Crippen LogP contribution in [0.1, 0.15) is 32.0 Å². The summed E-state index contributed by atoms with van der Waals surface area (Å²) in [6, 6.07) is 9.59. The first kappa shape index (κ1) is 15.6. The number of azo groups is 1. The van der Waals surface area contributed by atoms with Gasteiger partial charge in [0.05, 0.1) is 11.4 Å². The predicted octanol–water partition coefficient (Wildman–Crippen LogP) is 5.08. The van der Waals surface area contributed by atoms with E-state index in [-0.39, 0.29) is 12.2 Å². The standard InChI is InChI=1S/C19H20N4O2/c1-12-6-5-9-23-17(12)20-16(19(2,3)4)18(23)22-21-13-7-8-14-15(10-13)25-11-24-14/h5-10H,11H2,1-4H3. The molecular formula is C19H20N4O2. The highest BCUT2D eigenvalue weighted by Crippen LogP contribution is 2.37. The van der Waals surface area contributed by atoms with Gasteiger partial charge in [-0.15, -0.1) is 10.2 Å². The highest BCUT2D eigenvalue weighted by atomic mass is 16.7. The van der Waals surface area contributed by atoms with Crippen LogP contribution in [0.4, 0.5) is 11.5 Å². The Morgan fingerprint density at radius 3 is 2.68 bits per heavy atom. The highest BCUT2D eigenvalue weighted by Gasteiger charge is 2.24. The van der Waals surface area contributed by atoms with Crippen molar-refractivity contribution in [2.45, 2.75) is 33.1 Å². The smallest absolute Gasteiger partial charge is 0.231 e. The molecule has 0 spiro atoms. The van der Waals surface area contributed by atoms with Crippen LogP contribution < -0.4 is 9.47 Å². The number of aryl methyl sites for hydroxylation is 1. The van der Waals surface area contributed by atoms with E-state index in [2.05, 4.69) is 31.0 Å². The van der Waals surface area contributed by atoms with Crippen molar-refractivity contribution in [2.75, 3.05) is 6.79 Å². The summed E-state index contributed by atoms with van der Waals surface area (Å²) >= 11 is 0. The Morgan fingerprint density at radius 1 is 1.08 bits per heavy atom. The average molecular weight is 336 g/mol. The normalized spacial score (nSPS) is 13.9. The van der Waals surface area contributed by atoms with Crippen LogP contribution in [0.2, 0.25) is 0 Å². The third-order valence-corrected chi connectivity index (χ3v) is 4.15. The first-order valence-corrected chi connectivity index (χ1v) is 8.23. The molecule has 0 amide bonds. The van der Waals surface area contributed by atoms with E-state index in [0.717, 1.165) is 28.5 Å². The van der Waals surface area contributed by atoms with Crippen LogP contribution in [0.25, 0.3) is 5.65 Å². The van der Waals surface area contributed by atoms with Crippen LogP contribution in [-0.2, 0) is 5.41 Å². The topological polar surface area (TPSA) is 60.5 Å². The summed E-state index contributed by atoms with van der Waals surface area (Å²) in [7, 11) is 0. The van der Waals surface area contributed by atoms with Crippen molar-refractivity contribution >= 4 is 17.2 Å². The van der Waals surface area contributed by atoms with Gasteiger partial charge in [0.15, 0.2) is 17.3 Å². The van der Waals surface area contributed by atoms with Gasteiger partial charge in [-0.2, -0.15) is 0 Å². The van der Waals surface area contributed by atoms with Crippen LogP contribution in [0.15, 0.2) is 46.8 Å². The van der Waals surface area contributed by atoms with Crippen molar-refractivity contribution < 1.29 is 9.47 Å². The lowest BCUT2D eigenvalue weighted by Crippen LogP contribution is -2.11. The number of benzene rings is 1. The van der Waals surface area contributed by atoms with Gasteiger partial charge < -0.3 is 9.47 Å². The molecular weight excluding hydrogens is 316 g/mol. The maximum atomic E-state index is 5.40. The maximum Gasteiger partial charge on any atom is 0.231 e. The van der Waals surface area contributed by atoms with Crippen molar-refractivity contribution in [2.24, 2.45) is 10.2 Å². The minimum absolute atomic E-state index is 0.137. The molecule has 0 bridgehead atoms. The summed E-state index contributed by atoms with van der Waals surface area (Å²) in [6.45, 7) is 8.68. The van der Waals surface area contributed by atoms with Crippen LogP contribution in [0, 0.1) is 6.92 Å². The molecule has 0 saturated heterocycles. The van der Waals surface area contributed by atoms with E-state index in [0.29, 0.717) is 11.4 Å². The molecule has 0 atom stereocenters. The average Bonchev–Trinajstić information content (AvgIpc) is 3.17. The first-order chi connectivity index (χ1) is 11.9. The minimum Gasteiger partial charge on any atom is -0.454 e. The Morgan fingerprint density at radius 2 is 1.88 bits per heavy atom. The van der Waals surface area contributed by atoms with Gasteiger partial charge in [-0.05, 0) is 30.7 Å². The van der Waals surface area contributed by atoms with Crippen molar-refractivity contribution in [3.05, 3.63) is 47.8 Å². The summed E-state index contributed by atoms with van der Waals surface area (Å²) in [5.74, 6) is 2.19. The third-order valence-electron chi connectivity index (χ3n) is 4.15. The first-order valence-electron chi connectivity index (χ1n) is 8.23. The maximum absolute atomic E-state index is 5.40. The van der Waals surface area contributed by atoms with Crippen LogP contribution >= 0.6 is 0 Å². The second kappa shape index (κ2) is 5.58. The molecule has 0 N–H and O–H groups in total. The number of aromatic nitrogens is 2. The van der Waals surface area contributed by atoms with Gasteiger partial charge in [0.2, 0.25) is 6.79 Å². The summed E-state index contributed by atoms with van der Waals surface area (Å²) in [4.78, 5) is 4.82. The summed E-state index contributed by atoms with van der Waals surface area (Å²) < 4.78 is 12.7. The van der Waals surface area contributed by atoms with Crippen molar-refractivity contribution in [3.8, 4) is 11.5 Å².